The normalized spacial score (nSPS) is 21.9. The van der Waals surface area contributed by atoms with Crippen LogP contribution in [0.5, 0.6) is 5.75 Å². The number of nitrogens with one attached hydrogen (secondary N) is 2. The first-order chi connectivity index (χ1) is 10.6. The Morgan fingerprint density at radius 2 is 2.36 bits per heavy atom. The van der Waals surface area contributed by atoms with Gasteiger partial charge in [0.15, 0.2) is 0 Å². The molecule has 0 radical (unpaired) electrons. The highest BCUT2D eigenvalue weighted by molar-refractivity contribution is 5.83. The summed E-state index contributed by atoms with van der Waals surface area (Å²) in [5.41, 5.74) is 7.32. The van der Waals surface area contributed by atoms with Crippen LogP contribution in [0.1, 0.15) is 31.2 Å². The number of hydrogen-bond acceptors (Lipinski definition) is 4. The minimum Gasteiger partial charge on any atom is -0.490 e. The van der Waals surface area contributed by atoms with E-state index < -0.39 is 0 Å². The van der Waals surface area contributed by atoms with Gasteiger partial charge in [-0.2, -0.15) is 5.10 Å². The van der Waals surface area contributed by atoms with Gasteiger partial charge >= 0.3 is 0 Å². The van der Waals surface area contributed by atoms with Crippen molar-refractivity contribution in [3.05, 3.63) is 23.9 Å². The summed E-state index contributed by atoms with van der Waals surface area (Å²) in [4.78, 5) is 10.9. The van der Waals surface area contributed by atoms with Gasteiger partial charge in [-0.1, -0.05) is 0 Å². The number of primary amides is 1. The number of carbonyl (C=O) groups is 1. The van der Waals surface area contributed by atoms with E-state index in [0.29, 0.717) is 6.04 Å². The molecule has 2 aromatic rings. The molecule has 0 saturated heterocycles. The predicted octanol–water partition coefficient (Wildman–Crippen LogP) is 1.64. The summed E-state index contributed by atoms with van der Waals surface area (Å²) in [5.74, 6) is 0.596. The molecule has 2 atom stereocenters. The second-order valence-corrected chi connectivity index (χ2v) is 5.97. The lowest BCUT2D eigenvalue weighted by atomic mass is 9.92. The molecule has 1 saturated carbocycles. The second kappa shape index (κ2) is 6.36. The molecular formula is C16H22N4O2. The molecule has 22 heavy (non-hydrogen) atoms. The number of H-pyrrole nitrogens is 1. The molecule has 1 heterocycles. The summed E-state index contributed by atoms with van der Waals surface area (Å²) < 4.78 is 6.20. The molecule has 1 amide bonds. The van der Waals surface area contributed by atoms with Crippen molar-refractivity contribution in [2.24, 2.45) is 5.73 Å². The fourth-order valence-electron chi connectivity index (χ4n) is 3.13. The smallest absolute Gasteiger partial charge is 0.231 e. The van der Waals surface area contributed by atoms with E-state index in [4.69, 9.17) is 10.5 Å². The summed E-state index contributed by atoms with van der Waals surface area (Å²) in [5, 5.41) is 11.3. The molecule has 4 N–H and O–H groups in total. The van der Waals surface area contributed by atoms with Gasteiger partial charge in [0.1, 0.15) is 11.9 Å². The number of aromatic nitrogens is 2. The van der Waals surface area contributed by atoms with Gasteiger partial charge in [0.25, 0.3) is 0 Å². The van der Waals surface area contributed by atoms with E-state index in [1.807, 2.05) is 18.3 Å². The molecule has 0 aliphatic heterocycles. The summed E-state index contributed by atoms with van der Waals surface area (Å²) in [7, 11) is 0. The highest BCUT2D eigenvalue weighted by Crippen LogP contribution is 2.29. The number of rotatable bonds is 5. The summed E-state index contributed by atoms with van der Waals surface area (Å²) >= 11 is 0. The van der Waals surface area contributed by atoms with Crippen LogP contribution < -0.4 is 15.8 Å². The monoisotopic (exact) mass is 302 g/mol. The maximum Gasteiger partial charge on any atom is 0.231 e. The average molecular weight is 302 g/mol. The SMILES string of the molecule is Cc1c(O[C@@H]2CCC[C@H](NCC(N)=O)C2)ccc2[nH]ncc12. The number of nitrogens with two attached hydrogens (primary N) is 1. The molecule has 118 valence electrons. The first-order valence-electron chi connectivity index (χ1n) is 7.74. The molecule has 0 bridgehead atoms. The number of hydrogen-bond donors (Lipinski definition) is 3. The molecule has 1 aromatic carbocycles. The Kier molecular flexibility index (Phi) is 4.29. The summed E-state index contributed by atoms with van der Waals surface area (Å²) in [6.07, 6.45) is 6.09. The van der Waals surface area contributed by atoms with Crippen LogP contribution in [0.15, 0.2) is 18.3 Å². The van der Waals surface area contributed by atoms with Gasteiger partial charge in [0, 0.05) is 17.0 Å². The van der Waals surface area contributed by atoms with Gasteiger partial charge in [-0.3, -0.25) is 9.89 Å². The molecule has 6 nitrogen and oxygen atoms in total. The van der Waals surface area contributed by atoms with E-state index >= 15 is 0 Å². The fraction of sp³-hybridized carbons (Fsp3) is 0.500. The fourth-order valence-corrected chi connectivity index (χ4v) is 3.13. The zero-order valence-corrected chi connectivity index (χ0v) is 12.8. The quantitative estimate of drug-likeness (QED) is 0.782. The van der Waals surface area contributed by atoms with E-state index in [9.17, 15) is 4.79 Å². The molecule has 0 spiro atoms. The zero-order chi connectivity index (χ0) is 15.5. The largest absolute Gasteiger partial charge is 0.490 e. The molecule has 1 aromatic heterocycles. The van der Waals surface area contributed by atoms with Crippen LogP contribution in [0.25, 0.3) is 10.9 Å². The third-order valence-corrected chi connectivity index (χ3v) is 4.33. The summed E-state index contributed by atoms with van der Waals surface area (Å²) in [6, 6.07) is 4.29. The van der Waals surface area contributed by atoms with Crippen molar-refractivity contribution < 1.29 is 9.53 Å². The van der Waals surface area contributed by atoms with Crippen molar-refractivity contribution in [3.8, 4) is 5.75 Å². The number of fused-ring (bicyclic) bond motifs is 1. The maximum absolute atomic E-state index is 10.9. The zero-order valence-electron chi connectivity index (χ0n) is 12.8. The molecule has 1 aliphatic rings. The van der Waals surface area contributed by atoms with Crippen molar-refractivity contribution in [2.45, 2.75) is 44.8 Å². The molecule has 3 rings (SSSR count). The minimum atomic E-state index is -0.315. The second-order valence-electron chi connectivity index (χ2n) is 5.97. The van der Waals surface area contributed by atoms with Gasteiger partial charge in [0.05, 0.1) is 18.3 Å². The highest BCUT2D eigenvalue weighted by atomic mass is 16.5. The molecule has 0 unspecified atom stereocenters. The van der Waals surface area contributed by atoms with E-state index in [0.717, 1.165) is 47.9 Å². The number of nitrogens with zero attached hydrogens (tertiary/aromatic N) is 1. The van der Waals surface area contributed by atoms with Crippen molar-refractivity contribution in [1.82, 2.24) is 15.5 Å². The Labute approximate surface area is 129 Å². The topological polar surface area (TPSA) is 93.0 Å². The Morgan fingerprint density at radius 1 is 1.50 bits per heavy atom. The Morgan fingerprint density at radius 3 is 3.18 bits per heavy atom. The van der Waals surface area contributed by atoms with E-state index in [2.05, 4.69) is 22.4 Å². The van der Waals surface area contributed by atoms with Crippen molar-refractivity contribution in [1.29, 1.82) is 0 Å². The van der Waals surface area contributed by atoms with Crippen LogP contribution in [-0.4, -0.2) is 34.8 Å². The summed E-state index contributed by atoms with van der Waals surface area (Å²) in [6.45, 7) is 2.29. The van der Waals surface area contributed by atoms with Crippen LogP contribution in [0.3, 0.4) is 0 Å². The first-order valence-corrected chi connectivity index (χ1v) is 7.74. The third kappa shape index (κ3) is 3.22. The molecule has 1 aliphatic carbocycles. The van der Waals surface area contributed by atoms with Crippen LogP contribution in [0.2, 0.25) is 0 Å². The van der Waals surface area contributed by atoms with Crippen LogP contribution in [0, 0.1) is 6.92 Å². The molecular weight excluding hydrogens is 280 g/mol. The molecule has 6 heteroatoms. The highest BCUT2D eigenvalue weighted by Gasteiger charge is 2.24. The van der Waals surface area contributed by atoms with Gasteiger partial charge < -0.3 is 15.8 Å². The Balaban J connectivity index is 1.66. The number of amides is 1. The van der Waals surface area contributed by atoms with E-state index in [1.165, 1.54) is 0 Å². The van der Waals surface area contributed by atoms with Crippen molar-refractivity contribution in [3.63, 3.8) is 0 Å². The third-order valence-electron chi connectivity index (χ3n) is 4.33. The van der Waals surface area contributed by atoms with Crippen LogP contribution >= 0.6 is 0 Å². The number of benzene rings is 1. The Bertz CT molecular complexity index is 667. The first kappa shape index (κ1) is 14.8. The predicted molar refractivity (Wildman–Crippen MR) is 84.7 cm³/mol. The van der Waals surface area contributed by atoms with Crippen molar-refractivity contribution in [2.75, 3.05) is 6.54 Å². The minimum absolute atomic E-state index is 0.169. The van der Waals surface area contributed by atoms with Crippen molar-refractivity contribution >= 4 is 16.8 Å². The van der Waals surface area contributed by atoms with Gasteiger partial charge in [-0.15, -0.1) is 0 Å². The van der Waals surface area contributed by atoms with Gasteiger partial charge in [-0.05, 0) is 44.7 Å². The lowest BCUT2D eigenvalue weighted by Gasteiger charge is -2.30. The van der Waals surface area contributed by atoms with Gasteiger partial charge in [0.2, 0.25) is 5.91 Å². The van der Waals surface area contributed by atoms with Crippen LogP contribution in [0.4, 0.5) is 0 Å². The molecule has 1 fully saturated rings. The Hall–Kier alpha value is -2.08. The van der Waals surface area contributed by atoms with E-state index in [-0.39, 0.29) is 18.6 Å². The maximum atomic E-state index is 10.9. The number of carbonyl (C=O) groups excluding carboxylic acids is 1. The van der Waals surface area contributed by atoms with E-state index in [1.54, 1.807) is 0 Å². The van der Waals surface area contributed by atoms with Gasteiger partial charge in [-0.25, -0.2) is 0 Å². The lowest BCUT2D eigenvalue weighted by molar-refractivity contribution is -0.117. The lowest BCUT2D eigenvalue weighted by Crippen LogP contribution is -2.41. The number of aromatic amines is 1. The number of aryl methyl sites for hydroxylation is 1. The number of ether oxygens (including phenoxy) is 1. The average Bonchev–Trinajstić information content (AvgIpc) is 2.98. The standard InChI is InChI=1S/C16H22N4O2/c1-10-13-8-19-20-14(13)5-6-15(10)22-12-4-2-3-11(7-12)18-9-16(17)21/h5-6,8,11-12,18H,2-4,7,9H2,1H3,(H2,17,21)(H,19,20)/t11-,12+/m0/s1. The van der Waals surface area contributed by atoms with Crippen LogP contribution in [-0.2, 0) is 4.79 Å².